The zero-order chi connectivity index (χ0) is 19.1. The van der Waals surface area contributed by atoms with Crippen molar-refractivity contribution in [1.29, 1.82) is 0 Å². The first-order valence-corrected chi connectivity index (χ1v) is 9.29. The molecule has 1 fully saturated rings. The van der Waals surface area contributed by atoms with Crippen LogP contribution in [0.15, 0.2) is 48.5 Å². The fourth-order valence-corrected chi connectivity index (χ4v) is 3.22. The zero-order valence-electron chi connectivity index (χ0n) is 15.3. The first-order valence-electron chi connectivity index (χ1n) is 8.92. The largest absolute Gasteiger partial charge is 0.497 e. The van der Waals surface area contributed by atoms with Crippen molar-refractivity contribution in [1.82, 2.24) is 10.2 Å². The third-order valence-electron chi connectivity index (χ3n) is 4.52. The lowest BCUT2D eigenvalue weighted by Crippen LogP contribution is -2.44. The first kappa shape index (κ1) is 19.5. The van der Waals surface area contributed by atoms with Gasteiger partial charge in [-0.1, -0.05) is 23.7 Å². The van der Waals surface area contributed by atoms with Gasteiger partial charge in [0.25, 0.3) is 0 Å². The molecule has 3 rings (SSSR count). The molecule has 0 bridgehead atoms. The average molecular weight is 390 g/mol. The van der Waals surface area contributed by atoms with Crippen molar-refractivity contribution in [3.63, 3.8) is 0 Å². The molecule has 6 nitrogen and oxygen atoms in total. The number of hydrogen-bond acceptors (Lipinski definition) is 4. The third-order valence-corrected chi connectivity index (χ3v) is 4.78. The molecule has 2 aromatic carbocycles. The van der Waals surface area contributed by atoms with E-state index in [9.17, 15) is 4.79 Å². The number of carbonyl (C=O) groups is 1. The maximum Gasteiger partial charge on any atom is 0.319 e. The van der Waals surface area contributed by atoms with Crippen LogP contribution in [0.25, 0.3) is 0 Å². The van der Waals surface area contributed by atoms with E-state index in [1.54, 1.807) is 31.4 Å². The van der Waals surface area contributed by atoms with Crippen molar-refractivity contribution in [2.75, 3.05) is 45.3 Å². The number of ether oxygens (including phenoxy) is 2. The van der Waals surface area contributed by atoms with Gasteiger partial charge in [0.05, 0.1) is 26.4 Å². The highest BCUT2D eigenvalue weighted by Gasteiger charge is 2.23. The Morgan fingerprint density at radius 3 is 2.67 bits per heavy atom. The minimum absolute atomic E-state index is 0.0416. The predicted octanol–water partition coefficient (Wildman–Crippen LogP) is 3.54. The van der Waals surface area contributed by atoms with Crippen LogP contribution in [0.4, 0.5) is 10.5 Å². The number of nitrogens with one attached hydrogen (secondary N) is 2. The van der Waals surface area contributed by atoms with Gasteiger partial charge in [-0.05, 0) is 42.0 Å². The van der Waals surface area contributed by atoms with Crippen LogP contribution in [0.5, 0.6) is 5.75 Å². The second kappa shape index (κ2) is 9.60. The van der Waals surface area contributed by atoms with E-state index in [0.29, 0.717) is 30.5 Å². The lowest BCUT2D eigenvalue weighted by Gasteiger charge is -2.35. The van der Waals surface area contributed by atoms with Crippen LogP contribution in [-0.4, -0.2) is 50.9 Å². The van der Waals surface area contributed by atoms with Crippen LogP contribution in [0.1, 0.15) is 11.6 Å². The van der Waals surface area contributed by atoms with E-state index >= 15 is 0 Å². The highest BCUT2D eigenvalue weighted by atomic mass is 35.5. The summed E-state index contributed by atoms with van der Waals surface area (Å²) in [6.07, 6.45) is 0. The summed E-state index contributed by atoms with van der Waals surface area (Å²) in [6.45, 7) is 3.51. The molecule has 0 aliphatic carbocycles. The molecule has 0 spiro atoms. The Morgan fingerprint density at radius 1 is 1.22 bits per heavy atom. The SMILES string of the molecule is COc1cccc(C(CNC(=O)Nc2ccc(Cl)cc2)N2CCOCC2)c1. The third kappa shape index (κ3) is 5.60. The number of amides is 2. The molecular weight excluding hydrogens is 366 g/mol. The highest BCUT2D eigenvalue weighted by molar-refractivity contribution is 6.30. The van der Waals surface area contributed by atoms with Crippen LogP contribution in [0, 0.1) is 0 Å². The number of morpholine rings is 1. The molecule has 27 heavy (non-hydrogen) atoms. The quantitative estimate of drug-likeness (QED) is 0.793. The zero-order valence-corrected chi connectivity index (χ0v) is 16.0. The highest BCUT2D eigenvalue weighted by Crippen LogP contribution is 2.25. The van der Waals surface area contributed by atoms with Gasteiger partial charge in [0.2, 0.25) is 0 Å². The van der Waals surface area contributed by atoms with E-state index in [2.05, 4.69) is 21.6 Å². The molecule has 144 valence electrons. The Labute approximate surface area is 164 Å². The normalized spacial score (nSPS) is 15.8. The van der Waals surface area contributed by atoms with E-state index in [1.807, 2.05) is 18.2 Å². The Balaban J connectivity index is 1.67. The molecule has 1 aliphatic heterocycles. The lowest BCUT2D eigenvalue weighted by atomic mass is 10.0. The van der Waals surface area contributed by atoms with Gasteiger partial charge >= 0.3 is 6.03 Å². The number of urea groups is 1. The number of halogens is 1. The molecule has 1 aliphatic rings. The van der Waals surface area contributed by atoms with Crippen molar-refractivity contribution in [3.05, 3.63) is 59.1 Å². The summed E-state index contributed by atoms with van der Waals surface area (Å²) in [5, 5.41) is 6.43. The van der Waals surface area contributed by atoms with Gasteiger partial charge in [0.1, 0.15) is 5.75 Å². The van der Waals surface area contributed by atoms with Gasteiger partial charge in [0, 0.05) is 30.3 Å². The standard InChI is InChI=1S/C20H24ClN3O3/c1-26-18-4-2-3-15(13-18)19(24-9-11-27-12-10-24)14-22-20(25)23-17-7-5-16(21)6-8-17/h2-8,13,19H,9-12,14H2,1H3,(H2,22,23,25). The van der Waals surface area contributed by atoms with Crippen LogP contribution in [0.3, 0.4) is 0 Å². The Kier molecular flexibility index (Phi) is 6.92. The summed E-state index contributed by atoms with van der Waals surface area (Å²) in [4.78, 5) is 14.6. The summed E-state index contributed by atoms with van der Waals surface area (Å²) >= 11 is 5.88. The average Bonchev–Trinajstić information content (AvgIpc) is 2.71. The van der Waals surface area contributed by atoms with Crippen molar-refractivity contribution in [2.24, 2.45) is 0 Å². The number of benzene rings is 2. The van der Waals surface area contributed by atoms with E-state index in [0.717, 1.165) is 24.4 Å². The van der Waals surface area contributed by atoms with Crippen molar-refractivity contribution in [2.45, 2.75) is 6.04 Å². The molecule has 0 aromatic heterocycles. The van der Waals surface area contributed by atoms with Gasteiger partial charge in [-0.25, -0.2) is 4.79 Å². The monoisotopic (exact) mass is 389 g/mol. The minimum atomic E-state index is -0.251. The number of anilines is 1. The second-order valence-corrected chi connectivity index (χ2v) is 6.72. The molecule has 1 atom stereocenters. The van der Waals surface area contributed by atoms with Gasteiger partial charge in [-0.2, -0.15) is 0 Å². The van der Waals surface area contributed by atoms with Crippen LogP contribution in [0.2, 0.25) is 5.02 Å². The number of carbonyl (C=O) groups excluding carboxylic acids is 1. The molecule has 7 heteroatoms. The molecule has 0 saturated carbocycles. The fourth-order valence-electron chi connectivity index (χ4n) is 3.09. The second-order valence-electron chi connectivity index (χ2n) is 6.28. The molecular formula is C20H24ClN3O3. The molecule has 0 radical (unpaired) electrons. The van der Waals surface area contributed by atoms with Crippen LogP contribution < -0.4 is 15.4 Å². The summed E-state index contributed by atoms with van der Waals surface area (Å²) in [5.41, 5.74) is 1.80. The first-order chi connectivity index (χ1) is 13.2. The minimum Gasteiger partial charge on any atom is -0.497 e. The molecule has 2 aromatic rings. The number of nitrogens with zero attached hydrogens (tertiary/aromatic N) is 1. The van der Waals surface area contributed by atoms with Crippen molar-refractivity contribution in [3.8, 4) is 5.75 Å². The summed E-state index contributed by atoms with van der Waals surface area (Å²) in [5.74, 6) is 0.802. The number of methoxy groups -OCH3 is 1. The van der Waals surface area contributed by atoms with Gasteiger partial charge < -0.3 is 20.1 Å². The van der Waals surface area contributed by atoms with Crippen LogP contribution >= 0.6 is 11.6 Å². The molecule has 1 saturated heterocycles. The van der Waals surface area contributed by atoms with E-state index in [-0.39, 0.29) is 12.1 Å². The molecule has 2 amide bonds. The van der Waals surface area contributed by atoms with E-state index in [4.69, 9.17) is 21.1 Å². The number of rotatable bonds is 6. The molecule has 2 N–H and O–H groups in total. The fraction of sp³-hybridized carbons (Fsp3) is 0.350. The predicted molar refractivity (Wildman–Crippen MR) is 107 cm³/mol. The molecule has 1 heterocycles. The number of hydrogen-bond donors (Lipinski definition) is 2. The summed E-state index contributed by atoms with van der Waals surface area (Å²) in [6, 6.07) is 14.8. The molecule has 1 unspecified atom stereocenters. The lowest BCUT2D eigenvalue weighted by molar-refractivity contribution is 0.0167. The Bertz CT molecular complexity index is 748. The summed E-state index contributed by atoms with van der Waals surface area (Å²) < 4.78 is 10.8. The van der Waals surface area contributed by atoms with Gasteiger partial charge in [-0.15, -0.1) is 0 Å². The Morgan fingerprint density at radius 2 is 1.96 bits per heavy atom. The maximum absolute atomic E-state index is 12.3. The van der Waals surface area contributed by atoms with Crippen LogP contribution in [-0.2, 0) is 4.74 Å². The summed E-state index contributed by atoms with van der Waals surface area (Å²) in [7, 11) is 1.65. The van der Waals surface area contributed by atoms with Crippen molar-refractivity contribution < 1.29 is 14.3 Å². The van der Waals surface area contributed by atoms with Gasteiger partial charge in [0.15, 0.2) is 0 Å². The van der Waals surface area contributed by atoms with E-state index < -0.39 is 0 Å². The van der Waals surface area contributed by atoms with E-state index in [1.165, 1.54) is 0 Å². The van der Waals surface area contributed by atoms with Crippen molar-refractivity contribution >= 4 is 23.3 Å². The topological polar surface area (TPSA) is 62.8 Å². The van der Waals surface area contributed by atoms with Gasteiger partial charge in [-0.3, -0.25) is 4.90 Å². The smallest absolute Gasteiger partial charge is 0.319 e. The maximum atomic E-state index is 12.3. The Hall–Kier alpha value is -2.28.